The van der Waals surface area contributed by atoms with E-state index in [0.29, 0.717) is 5.41 Å². The normalized spacial score (nSPS) is 20.2. The minimum Gasteiger partial charge on any atom is -0.385 e. The molecule has 1 heterocycles. The van der Waals surface area contributed by atoms with E-state index >= 15 is 0 Å². The summed E-state index contributed by atoms with van der Waals surface area (Å²) in [5.74, 6) is 0. The first-order valence-electron chi connectivity index (χ1n) is 6.46. The molecule has 0 atom stereocenters. The molecule has 1 saturated heterocycles. The van der Waals surface area contributed by atoms with Crippen molar-refractivity contribution < 1.29 is 4.74 Å². The van der Waals surface area contributed by atoms with Crippen LogP contribution < -0.4 is 5.32 Å². The Labute approximate surface area is 101 Å². The zero-order valence-electron chi connectivity index (χ0n) is 11.4. The van der Waals surface area contributed by atoms with Gasteiger partial charge in [0.1, 0.15) is 0 Å². The lowest BCUT2D eigenvalue weighted by molar-refractivity contribution is 0.100. The van der Waals surface area contributed by atoms with Gasteiger partial charge in [-0.15, -0.1) is 0 Å². The van der Waals surface area contributed by atoms with Crippen molar-refractivity contribution in [3.63, 3.8) is 0 Å². The van der Waals surface area contributed by atoms with Gasteiger partial charge in [-0.1, -0.05) is 13.8 Å². The van der Waals surface area contributed by atoms with Crippen LogP contribution in [0.2, 0.25) is 0 Å². The Morgan fingerprint density at radius 3 is 2.44 bits per heavy atom. The third-order valence-electron chi connectivity index (χ3n) is 3.63. The van der Waals surface area contributed by atoms with Crippen molar-refractivity contribution in [1.82, 2.24) is 10.2 Å². The smallest absolute Gasteiger partial charge is 0.0467 e. The van der Waals surface area contributed by atoms with Crippen molar-refractivity contribution in [1.29, 1.82) is 0 Å². The number of likely N-dealkylation sites (tertiary alicyclic amines) is 1. The molecule has 3 nitrogen and oxygen atoms in total. The number of nitrogens with zero attached hydrogens (tertiary/aromatic N) is 1. The summed E-state index contributed by atoms with van der Waals surface area (Å²) in [4.78, 5) is 2.60. The Hall–Kier alpha value is -0.120. The van der Waals surface area contributed by atoms with Crippen molar-refractivity contribution in [3.8, 4) is 0 Å². The number of rotatable bonds is 6. The van der Waals surface area contributed by atoms with Gasteiger partial charge in [0.05, 0.1) is 0 Å². The van der Waals surface area contributed by atoms with E-state index in [1.54, 1.807) is 7.11 Å². The van der Waals surface area contributed by atoms with Crippen molar-refractivity contribution in [2.24, 2.45) is 5.41 Å². The van der Waals surface area contributed by atoms with Gasteiger partial charge >= 0.3 is 0 Å². The van der Waals surface area contributed by atoms with Crippen LogP contribution in [-0.2, 0) is 4.74 Å². The lowest BCUT2D eigenvalue weighted by atomic mass is 9.88. The standard InChI is InChI=1S/C13H28N2O/c1-13(2,7-10-16-4)11-15-8-5-12(14-3)6-9-15/h12,14H,5-11H2,1-4H3. The molecule has 3 heteroatoms. The Morgan fingerprint density at radius 2 is 1.94 bits per heavy atom. The maximum atomic E-state index is 5.17. The van der Waals surface area contributed by atoms with Gasteiger partial charge in [-0.3, -0.25) is 0 Å². The van der Waals surface area contributed by atoms with Gasteiger partial charge in [0.2, 0.25) is 0 Å². The maximum absolute atomic E-state index is 5.17. The fourth-order valence-corrected chi connectivity index (χ4v) is 2.44. The maximum Gasteiger partial charge on any atom is 0.0467 e. The first-order valence-corrected chi connectivity index (χ1v) is 6.46. The van der Waals surface area contributed by atoms with Crippen LogP contribution in [-0.4, -0.2) is 51.3 Å². The van der Waals surface area contributed by atoms with Crippen LogP contribution in [0.15, 0.2) is 0 Å². The van der Waals surface area contributed by atoms with Crippen LogP contribution in [0, 0.1) is 5.41 Å². The molecule has 0 aromatic carbocycles. The topological polar surface area (TPSA) is 24.5 Å². The summed E-state index contributed by atoms with van der Waals surface area (Å²) in [5.41, 5.74) is 0.377. The van der Waals surface area contributed by atoms with Crippen LogP contribution in [0.3, 0.4) is 0 Å². The summed E-state index contributed by atoms with van der Waals surface area (Å²) in [6, 6.07) is 0.735. The number of nitrogens with one attached hydrogen (secondary N) is 1. The molecule has 0 unspecified atom stereocenters. The lowest BCUT2D eigenvalue weighted by Crippen LogP contribution is -2.44. The van der Waals surface area contributed by atoms with E-state index in [1.165, 1.54) is 32.5 Å². The van der Waals surface area contributed by atoms with Gasteiger partial charge in [0.25, 0.3) is 0 Å². The average Bonchev–Trinajstić information content (AvgIpc) is 2.27. The molecule has 0 saturated carbocycles. The van der Waals surface area contributed by atoms with Crippen LogP contribution in [0.25, 0.3) is 0 Å². The summed E-state index contributed by atoms with van der Waals surface area (Å²) >= 11 is 0. The molecular formula is C13H28N2O. The zero-order chi connectivity index (χ0) is 12.0. The highest BCUT2D eigenvalue weighted by molar-refractivity contribution is 4.80. The van der Waals surface area contributed by atoms with E-state index in [1.807, 2.05) is 0 Å². The van der Waals surface area contributed by atoms with E-state index < -0.39 is 0 Å². The van der Waals surface area contributed by atoms with Gasteiger partial charge in [-0.25, -0.2) is 0 Å². The molecule has 1 fully saturated rings. The highest BCUT2D eigenvalue weighted by Crippen LogP contribution is 2.23. The van der Waals surface area contributed by atoms with E-state index in [0.717, 1.165) is 19.1 Å². The highest BCUT2D eigenvalue weighted by atomic mass is 16.5. The highest BCUT2D eigenvalue weighted by Gasteiger charge is 2.24. The second kappa shape index (κ2) is 6.58. The van der Waals surface area contributed by atoms with Gasteiger partial charge < -0.3 is 15.0 Å². The van der Waals surface area contributed by atoms with Gasteiger partial charge in [-0.05, 0) is 44.8 Å². The van der Waals surface area contributed by atoms with Gasteiger partial charge in [0, 0.05) is 26.3 Å². The van der Waals surface area contributed by atoms with Crippen LogP contribution in [0.5, 0.6) is 0 Å². The zero-order valence-corrected chi connectivity index (χ0v) is 11.4. The minimum atomic E-state index is 0.377. The molecule has 1 rings (SSSR count). The largest absolute Gasteiger partial charge is 0.385 e. The molecule has 0 bridgehead atoms. The molecule has 16 heavy (non-hydrogen) atoms. The second-order valence-corrected chi connectivity index (χ2v) is 5.75. The van der Waals surface area contributed by atoms with Crippen molar-refractivity contribution in [2.45, 2.75) is 39.2 Å². The van der Waals surface area contributed by atoms with Gasteiger partial charge in [0.15, 0.2) is 0 Å². The van der Waals surface area contributed by atoms with E-state index in [-0.39, 0.29) is 0 Å². The van der Waals surface area contributed by atoms with E-state index in [4.69, 9.17) is 4.74 Å². The summed E-state index contributed by atoms with van der Waals surface area (Å²) in [6.45, 7) is 9.24. The Kier molecular flexibility index (Phi) is 5.73. The van der Waals surface area contributed by atoms with Crippen molar-refractivity contribution in [3.05, 3.63) is 0 Å². The fraction of sp³-hybridized carbons (Fsp3) is 1.00. The SMILES string of the molecule is CNC1CCN(CC(C)(C)CCOC)CC1. The Morgan fingerprint density at radius 1 is 1.31 bits per heavy atom. The third-order valence-corrected chi connectivity index (χ3v) is 3.63. The van der Waals surface area contributed by atoms with Crippen LogP contribution in [0.4, 0.5) is 0 Å². The van der Waals surface area contributed by atoms with Crippen LogP contribution >= 0.6 is 0 Å². The van der Waals surface area contributed by atoms with Gasteiger partial charge in [-0.2, -0.15) is 0 Å². The second-order valence-electron chi connectivity index (χ2n) is 5.75. The molecule has 1 N–H and O–H groups in total. The monoisotopic (exact) mass is 228 g/mol. The summed E-state index contributed by atoms with van der Waals surface area (Å²) < 4.78 is 5.17. The molecule has 0 spiro atoms. The molecule has 1 aliphatic heterocycles. The predicted octanol–water partition coefficient (Wildman–Crippen LogP) is 1.73. The average molecular weight is 228 g/mol. The third kappa shape index (κ3) is 4.81. The minimum absolute atomic E-state index is 0.377. The molecule has 0 aromatic rings. The Balaban J connectivity index is 2.26. The number of piperidine rings is 1. The molecule has 0 radical (unpaired) electrons. The molecule has 0 aliphatic carbocycles. The lowest BCUT2D eigenvalue weighted by Gasteiger charge is -2.37. The van der Waals surface area contributed by atoms with E-state index in [9.17, 15) is 0 Å². The van der Waals surface area contributed by atoms with Crippen molar-refractivity contribution in [2.75, 3.05) is 40.4 Å². The van der Waals surface area contributed by atoms with E-state index in [2.05, 4.69) is 31.1 Å². The quantitative estimate of drug-likeness (QED) is 0.749. The van der Waals surface area contributed by atoms with Crippen molar-refractivity contribution >= 4 is 0 Å². The number of ether oxygens (including phenoxy) is 1. The first kappa shape index (κ1) is 13.9. The molecular weight excluding hydrogens is 200 g/mol. The summed E-state index contributed by atoms with van der Waals surface area (Å²) in [6.07, 6.45) is 3.73. The van der Waals surface area contributed by atoms with Crippen LogP contribution in [0.1, 0.15) is 33.1 Å². The summed E-state index contributed by atoms with van der Waals surface area (Å²) in [7, 11) is 3.86. The summed E-state index contributed by atoms with van der Waals surface area (Å²) in [5, 5.41) is 3.37. The molecule has 0 aromatic heterocycles. The predicted molar refractivity (Wildman–Crippen MR) is 68.8 cm³/mol. The molecule has 96 valence electrons. The number of methoxy groups -OCH3 is 1. The molecule has 0 amide bonds. The number of hydrogen-bond donors (Lipinski definition) is 1. The first-order chi connectivity index (χ1) is 7.57. The fourth-order valence-electron chi connectivity index (χ4n) is 2.44. The molecule has 1 aliphatic rings. The Bertz CT molecular complexity index is 186. The number of hydrogen-bond acceptors (Lipinski definition) is 3.